The lowest BCUT2D eigenvalue weighted by molar-refractivity contribution is -0.153. The number of alkyl halides is 1. The van der Waals surface area contributed by atoms with Crippen molar-refractivity contribution in [2.75, 3.05) is 6.67 Å². The molecule has 0 aliphatic carbocycles. The van der Waals surface area contributed by atoms with Crippen molar-refractivity contribution in [3.8, 4) is 0 Å². The summed E-state index contributed by atoms with van der Waals surface area (Å²) in [5.74, 6) is -0.653. The Labute approximate surface area is 74.1 Å². The van der Waals surface area contributed by atoms with E-state index in [1.165, 1.54) is 0 Å². The molecule has 4 atom stereocenters. The SMILES string of the molecule is CC(=O)O[C@H]1[C@H](O)[C@H](O)O[C@@H]1CF. The first-order valence-electron chi connectivity index (χ1n) is 3.81. The summed E-state index contributed by atoms with van der Waals surface area (Å²) >= 11 is 0. The summed E-state index contributed by atoms with van der Waals surface area (Å²) in [7, 11) is 0. The highest BCUT2D eigenvalue weighted by Gasteiger charge is 2.45. The van der Waals surface area contributed by atoms with Crippen molar-refractivity contribution < 1.29 is 28.9 Å². The Morgan fingerprint density at radius 1 is 1.62 bits per heavy atom. The third-order valence-corrected chi connectivity index (χ3v) is 1.76. The van der Waals surface area contributed by atoms with Crippen molar-refractivity contribution in [1.82, 2.24) is 0 Å². The van der Waals surface area contributed by atoms with Crippen molar-refractivity contribution >= 4 is 5.97 Å². The second kappa shape index (κ2) is 3.99. The van der Waals surface area contributed by atoms with Crippen molar-refractivity contribution in [1.29, 1.82) is 0 Å². The normalized spacial score (nSPS) is 39.1. The first-order valence-corrected chi connectivity index (χ1v) is 3.81. The van der Waals surface area contributed by atoms with Gasteiger partial charge >= 0.3 is 5.97 Å². The second-order valence-electron chi connectivity index (χ2n) is 2.78. The van der Waals surface area contributed by atoms with E-state index < -0.39 is 37.2 Å². The van der Waals surface area contributed by atoms with Crippen molar-refractivity contribution in [2.24, 2.45) is 0 Å². The van der Waals surface area contributed by atoms with E-state index >= 15 is 0 Å². The molecule has 1 fully saturated rings. The molecule has 1 aliphatic heterocycles. The Morgan fingerprint density at radius 2 is 2.23 bits per heavy atom. The second-order valence-corrected chi connectivity index (χ2v) is 2.78. The molecule has 2 N–H and O–H groups in total. The topological polar surface area (TPSA) is 76.0 Å². The van der Waals surface area contributed by atoms with Crippen LogP contribution in [0.5, 0.6) is 0 Å². The van der Waals surface area contributed by atoms with Crippen LogP contribution >= 0.6 is 0 Å². The molecule has 1 heterocycles. The first kappa shape index (κ1) is 10.4. The standard InChI is InChI=1S/C7H11FO5/c1-3(9)12-6-4(2-8)13-7(11)5(6)10/h4-7,10-11H,2H2,1H3/t4-,5+,6-,7-/m1/s1. The Kier molecular flexibility index (Phi) is 3.18. The molecule has 0 aromatic carbocycles. The lowest BCUT2D eigenvalue weighted by Crippen LogP contribution is -2.37. The third-order valence-electron chi connectivity index (χ3n) is 1.76. The number of aliphatic hydroxyl groups is 2. The molecule has 0 radical (unpaired) electrons. The highest BCUT2D eigenvalue weighted by atomic mass is 19.1. The summed E-state index contributed by atoms with van der Waals surface area (Å²) in [5, 5.41) is 18.1. The molecule has 0 unspecified atom stereocenters. The lowest BCUT2D eigenvalue weighted by atomic mass is 10.1. The van der Waals surface area contributed by atoms with Gasteiger partial charge in [-0.1, -0.05) is 0 Å². The molecule has 0 bridgehead atoms. The van der Waals surface area contributed by atoms with Gasteiger partial charge in [0.2, 0.25) is 0 Å². The molecule has 0 spiro atoms. The minimum atomic E-state index is -1.50. The van der Waals surface area contributed by atoms with Crippen LogP contribution in [0.25, 0.3) is 0 Å². The van der Waals surface area contributed by atoms with E-state index in [4.69, 9.17) is 5.11 Å². The number of aliphatic hydroxyl groups excluding tert-OH is 2. The van der Waals surface area contributed by atoms with Crippen LogP contribution in [0.3, 0.4) is 0 Å². The number of esters is 1. The lowest BCUT2D eigenvalue weighted by Gasteiger charge is -2.16. The maximum absolute atomic E-state index is 12.2. The fraction of sp³-hybridized carbons (Fsp3) is 0.857. The number of carbonyl (C=O) groups excluding carboxylic acids is 1. The number of halogens is 1. The van der Waals surface area contributed by atoms with Crippen LogP contribution in [-0.4, -0.2) is 47.5 Å². The monoisotopic (exact) mass is 194 g/mol. The van der Waals surface area contributed by atoms with Gasteiger partial charge in [-0.15, -0.1) is 0 Å². The highest BCUT2D eigenvalue weighted by molar-refractivity contribution is 5.66. The molecule has 0 aromatic rings. The predicted molar refractivity (Wildman–Crippen MR) is 38.4 cm³/mol. The van der Waals surface area contributed by atoms with Gasteiger partial charge in [-0.2, -0.15) is 0 Å². The van der Waals surface area contributed by atoms with Crippen molar-refractivity contribution in [2.45, 2.75) is 31.5 Å². The Morgan fingerprint density at radius 3 is 2.69 bits per heavy atom. The van der Waals surface area contributed by atoms with E-state index in [0.29, 0.717) is 0 Å². The number of hydrogen-bond acceptors (Lipinski definition) is 5. The molecular weight excluding hydrogens is 183 g/mol. The molecule has 6 heteroatoms. The molecule has 13 heavy (non-hydrogen) atoms. The Hall–Kier alpha value is -0.720. The molecule has 0 amide bonds. The molecule has 0 saturated carbocycles. The van der Waals surface area contributed by atoms with E-state index in [1.54, 1.807) is 0 Å². The van der Waals surface area contributed by atoms with E-state index in [-0.39, 0.29) is 0 Å². The van der Waals surface area contributed by atoms with Crippen LogP contribution in [-0.2, 0) is 14.3 Å². The fourth-order valence-corrected chi connectivity index (χ4v) is 1.18. The number of hydrogen-bond donors (Lipinski definition) is 2. The zero-order valence-corrected chi connectivity index (χ0v) is 7.01. The third kappa shape index (κ3) is 2.15. The summed E-state index contributed by atoms with van der Waals surface area (Å²) in [6.07, 6.45) is -5.10. The zero-order valence-electron chi connectivity index (χ0n) is 7.01. The van der Waals surface area contributed by atoms with Gasteiger partial charge in [-0.3, -0.25) is 4.79 Å². The zero-order chi connectivity index (χ0) is 10.0. The van der Waals surface area contributed by atoms with Gasteiger partial charge < -0.3 is 19.7 Å². The van der Waals surface area contributed by atoms with Gasteiger partial charge in [-0.05, 0) is 0 Å². The van der Waals surface area contributed by atoms with Crippen LogP contribution in [0.4, 0.5) is 4.39 Å². The average molecular weight is 194 g/mol. The van der Waals surface area contributed by atoms with Gasteiger partial charge in [0.25, 0.3) is 0 Å². The average Bonchev–Trinajstić information content (AvgIpc) is 2.31. The summed E-state index contributed by atoms with van der Waals surface area (Å²) in [6, 6.07) is 0. The minimum absolute atomic E-state index is 0.653. The minimum Gasteiger partial charge on any atom is -0.457 e. The van der Waals surface area contributed by atoms with Crippen LogP contribution in [0, 0.1) is 0 Å². The van der Waals surface area contributed by atoms with Crippen molar-refractivity contribution in [3.05, 3.63) is 0 Å². The molecule has 1 rings (SSSR count). The largest absolute Gasteiger partial charge is 0.457 e. The van der Waals surface area contributed by atoms with E-state index in [2.05, 4.69) is 9.47 Å². The summed E-state index contributed by atoms with van der Waals surface area (Å²) in [6.45, 7) is 0.207. The molecular formula is C7H11FO5. The summed E-state index contributed by atoms with van der Waals surface area (Å²) in [4.78, 5) is 10.5. The number of ether oxygens (including phenoxy) is 2. The molecule has 1 aliphatic rings. The quantitative estimate of drug-likeness (QED) is 0.549. The fourth-order valence-electron chi connectivity index (χ4n) is 1.18. The highest BCUT2D eigenvalue weighted by Crippen LogP contribution is 2.22. The summed E-state index contributed by atoms with van der Waals surface area (Å²) < 4.78 is 21.4. The van der Waals surface area contributed by atoms with Crippen LogP contribution in [0.2, 0.25) is 0 Å². The smallest absolute Gasteiger partial charge is 0.303 e. The van der Waals surface area contributed by atoms with Crippen LogP contribution in [0.1, 0.15) is 6.92 Å². The predicted octanol–water partition coefficient (Wildman–Crippen LogP) is -1.03. The van der Waals surface area contributed by atoms with Gasteiger partial charge in [-0.25, -0.2) is 4.39 Å². The maximum atomic E-state index is 12.2. The molecule has 0 aromatic heterocycles. The number of carbonyl (C=O) groups is 1. The molecule has 5 nitrogen and oxygen atoms in total. The van der Waals surface area contributed by atoms with Gasteiger partial charge in [0.05, 0.1) is 0 Å². The number of rotatable bonds is 2. The van der Waals surface area contributed by atoms with Crippen LogP contribution in [0.15, 0.2) is 0 Å². The van der Waals surface area contributed by atoms with E-state index in [0.717, 1.165) is 6.92 Å². The van der Waals surface area contributed by atoms with Crippen molar-refractivity contribution in [3.63, 3.8) is 0 Å². The van der Waals surface area contributed by atoms with E-state index in [9.17, 15) is 14.3 Å². The van der Waals surface area contributed by atoms with Gasteiger partial charge in [0.15, 0.2) is 12.4 Å². The maximum Gasteiger partial charge on any atom is 0.303 e. The van der Waals surface area contributed by atoms with Gasteiger partial charge in [0.1, 0.15) is 18.9 Å². The molecule has 76 valence electrons. The van der Waals surface area contributed by atoms with Gasteiger partial charge in [0, 0.05) is 6.92 Å². The van der Waals surface area contributed by atoms with Crippen LogP contribution < -0.4 is 0 Å². The van der Waals surface area contributed by atoms with E-state index in [1.807, 2.05) is 0 Å². The first-order chi connectivity index (χ1) is 6.06. The Bertz CT molecular complexity index is 197. The summed E-state index contributed by atoms with van der Waals surface area (Å²) in [5.41, 5.74) is 0. The Balaban J connectivity index is 2.62. The molecule has 1 saturated heterocycles.